The van der Waals surface area contributed by atoms with Gasteiger partial charge in [-0.15, -0.1) is 23.7 Å². The Kier molecular flexibility index (Phi) is 6.20. The fraction of sp³-hybridized carbons (Fsp3) is 0.278. The zero-order chi connectivity index (χ0) is 15.7. The molecule has 2 nitrogen and oxygen atoms in total. The third kappa shape index (κ3) is 3.94. The molecule has 5 heteroatoms. The van der Waals surface area contributed by atoms with Crippen LogP contribution in [0.2, 0.25) is 0 Å². The Labute approximate surface area is 155 Å². The SMILES string of the molecule is CN(C)CC/C=C1\c2ccccc2CC(=O)c2sc(Br)cc21.Cl. The van der Waals surface area contributed by atoms with Gasteiger partial charge in [-0.25, -0.2) is 0 Å². The van der Waals surface area contributed by atoms with Gasteiger partial charge in [-0.2, -0.15) is 0 Å². The number of ketones is 1. The van der Waals surface area contributed by atoms with E-state index in [4.69, 9.17) is 0 Å². The molecule has 1 aromatic carbocycles. The van der Waals surface area contributed by atoms with Crippen LogP contribution < -0.4 is 0 Å². The summed E-state index contributed by atoms with van der Waals surface area (Å²) in [5.74, 6) is 0.217. The maximum atomic E-state index is 12.6. The number of hydrogen-bond donors (Lipinski definition) is 0. The molecule has 0 atom stereocenters. The minimum atomic E-state index is 0. The van der Waals surface area contributed by atoms with Crippen LogP contribution in [0.1, 0.15) is 32.8 Å². The molecule has 0 radical (unpaired) electrons. The Morgan fingerprint density at radius 1 is 1.26 bits per heavy atom. The van der Waals surface area contributed by atoms with E-state index in [-0.39, 0.29) is 18.2 Å². The van der Waals surface area contributed by atoms with Crippen LogP contribution in [0, 0.1) is 0 Å². The first-order valence-corrected chi connectivity index (χ1v) is 8.93. The topological polar surface area (TPSA) is 20.3 Å². The summed E-state index contributed by atoms with van der Waals surface area (Å²) in [6.07, 6.45) is 3.73. The molecule has 0 saturated heterocycles. The van der Waals surface area contributed by atoms with Gasteiger partial charge < -0.3 is 4.90 Å². The number of thiophene rings is 1. The van der Waals surface area contributed by atoms with Gasteiger partial charge in [0, 0.05) is 18.5 Å². The number of carbonyl (C=O) groups is 1. The van der Waals surface area contributed by atoms with Crippen molar-refractivity contribution in [3.63, 3.8) is 0 Å². The van der Waals surface area contributed by atoms with Gasteiger partial charge in [0.05, 0.1) is 8.66 Å². The molecule has 0 saturated carbocycles. The fourth-order valence-electron chi connectivity index (χ4n) is 2.79. The second kappa shape index (κ2) is 7.75. The van der Waals surface area contributed by atoms with Crippen molar-refractivity contribution >= 4 is 51.0 Å². The molecule has 1 aliphatic rings. The molecule has 0 bridgehead atoms. The molecule has 0 N–H and O–H groups in total. The smallest absolute Gasteiger partial charge is 0.177 e. The van der Waals surface area contributed by atoms with Gasteiger partial charge in [0.2, 0.25) is 0 Å². The number of hydrogen-bond acceptors (Lipinski definition) is 3. The lowest BCUT2D eigenvalue weighted by atomic mass is 9.95. The Morgan fingerprint density at radius 2 is 2.00 bits per heavy atom. The van der Waals surface area contributed by atoms with E-state index in [0.717, 1.165) is 32.8 Å². The largest absolute Gasteiger partial charge is 0.309 e. The average Bonchev–Trinajstić information content (AvgIpc) is 2.82. The van der Waals surface area contributed by atoms with E-state index in [0.29, 0.717) is 6.42 Å². The van der Waals surface area contributed by atoms with Crippen LogP contribution in [0.4, 0.5) is 0 Å². The van der Waals surface area contributed by atoms with Crippen LogP contribution in [0.25, 0.3) is 5.57 Å². The highest BCUT2D eigenvalue weighted by Crippen LogP contribution is 2.39. The maximum Gasteiger partial charge on any atom is 0.177 e. The minimum Gasteiger partial charge on any atom is -0.309 e. The molecule has 1 heterocycles. The standard InChI is InChI=1S/C18H18BrNOS.ClH/c1-20(2)9-5-8-14-13-7-4-3-6-12(13)10-16(21)18-15(14)11-17(19)22-18;/h3-4,6-8,11H,5,9-10H2,1-2H3;1H/b14-8+;. The molecule has 0 spiro atoms. The molecule has 3 rings (SSSR count). The normalized spacial score (nSPS) is 15.1. The summed E-state index contributed by atoms with van der Waals surface area (Å²) in [4.78, 5) is 15.6. The molecule has 2 aromatic rings. The summed E-state index contributed by atoms with van der Waals surface area (Å²) in [6, 6.07) is 10.3. The third-order valence-corrected chi connectivity index (χ3v) is 5.51. The van der Waals surface area contributed by atoms with Crippen LogP contribution in [0.15, 0.2) is 40.2 Å². The summed E-state index contributed by atoms with van der Waals surface area (Å²) in [5, 5.41) is 0. The van der Waals surface area contributed by atoms with Crippen molar-refractivity contribution in [2.45, 2.75) is 12.8 Å². The molecule has 1 aliphatic carbocycles. The first-order chi connectivity index (χ1) is 10.6. The number of nitrogens with zero attached hydrogens (tertiary/aromatic N) is 1. The minimum absolute atomic E-state index is 0. The molecule has 0 amide bonds. The number of fused-ring (bicyclic) bond motifs is 2. The highest BCUT2D eigenvalue weighted by Gasteiger charge is 2.25. The van der Waals surface area contributed by atoms with Crippen LogP contribution in [-0.2, 0) is 6.42 Å². The van der Waals surface area contributed by atoms with Crippen molar-refractivity contribution < 1.29 is 4.79 Å². The summed E-state index contributed by atoms with van der Waals surface area (Å²) < 4.78 is 1.02. The van der Waals surface area contributed by atoms with Crippen LogP contribution in [0.5, 0.6) is 0 Å². The number of rotatable bonds is 3. The van der Waals surface area contributed by atoms with E-state index in [1.807, 2.05) is 6.07 Å². The molecule has 1 aromatic heterocycles. The molecule has 0 fully saturated rings. The number of Topliss-reactive ketones (excluding diaryl/α,β-unsaturated/α-hetero) is 1. The lowest BCUT2D eigenvalue weighted by molar-refractivity contribution is 0.0997. The molecule has 122 valence electrons. The zero-order valence-corrected chi connectivity index (χ0v) is 16.4. The lowest BCUT2D eigenvalue weighted by Crippen LogP contribution is -2.12. The Bertz CT molecular complexity index is 751. The van der Waals surface area contributed by atoms with Crippen molar-refractivity contribution in [2.24, 2.45) is 0 Å². The molecule has 0 aliphatic heterocycles. The Morgan fingerprint density at radius 3 is 2.74 bits per heavy atom. The lowest BCUT2D eigenvalue weighted by Gasteiger charge is -2.11. The van der Waals surface area contributed by atoms with E-state index in [9.17, 15) is 4.79 Å². The predicted octanol–water partition coefficient (Wildman–Crippen LogP) is 5.05. The average molecular weight is 413 g/mol. The van der Waals surface area contributed by atoms with E-state index in [1.165, 1.54) is 11.1 Å². The first kappa shape index (κ1) is 18.4. The predicted molar refractivity (Wildman–Crippen MR) is 104 cm³/mol. The zero-order valence-electron chi connectivity index (χ0n) is 13.1. The van der Waals surface area contributed by atoms with Gasteiger partial charge in [-0.3, -0.25) is 4.79 Å². The van der Waals surface area contributed by atoms with E-state index in [2.05, 4.69) is 65.3 Å². The number of benzene rings is 1. The summed E-state index contributed by atoms with van der Waals surface area (Å²) >= 11 is 5.08. The van der Waals surface area contributed by atoms with Gasteiger partial charge in [0.15, 0.2) is 5.78 Å². The Balaban J connectivity index is 0.00000192. The highest BCUT2D eigenvalue weighted by molar-refractivity contribution is 9.11. The summed E-state index contributed by atoms with van der Waals surface area (Å²) in [7, 11) is 4.16. The Hall–Kier alpha value is -0.940. The number of carbonyl (C=O) groups excluding carboxylic acids is 1. The first-order valence-electron chi connectivity index (χ1n) is 7.32. The second-order valence-electron chi connectivity index (χ2n) is 5.76. The van der Waals surface area contributed by atoms with Crippen LogP contribution >= 0.6 is 39.7 Å². The van der Waals surface area contributed by atoms with E-state index in [1.54, 1.807) is 11.3 Å². The van der Waals surface area contributed by atoms with Gasteiger partial charge in [-0.05, 0) is 59.2 Å². The summed E-state index contributed by atoms with van der Waals surface area (Å²) in [6.45, 7) is 1.00. The van der Waals surface area contributed by atoms with Gasteiger partial charge in [0.1, 0.15) is 0 Å². The van der Waals surface area contributed by atoms with Gasteiger partial charge in [-0.1, -0.05) is 30.3 Å². The third-order valence-electron chi connectivity index (χ3n) is 3.83. The van der Waals surface area contributed by atoms with E-state index >= 15 is 0 Å². The quantitative estimate of drug-likeness (QED) is 0.702. The van der Waals surface area contributed by atoms with Crippen molar-refractivity contribution in [1.82, 2.24) is 4.90 Å². The molecular weight excluding hydrogens is 394 g/mol. The molecular formula is C18H19BrClNOS. The van der Waals surface area contributed by atoms with Crippen molar-refractivity contribution in [3.8, 4) is 0 Å². The van der Waals surface area contributed by atoms with Gasteiger partial charge in [0.25, 0.3) is 0 Å². The van der Waals surface area contributed by atoms with E-state index < -0.39 is 0 Å². The molecule has 23 heavy (non-hydrogen) atoms. The second-order valence-corrected chi connectivity index (χ2v) is 8.19. The highest BCUT2D eigenvalue weighted by atomic mass is 79.9. The maximum absolute atomic E-state index is 12.6. The number of halogens is 2. The monoisotopic (exact) mass is 411 g/mol. The van der Waals surface area contributed by atoms with Crippen molar-refractivity contribution in [3.05, 3.63) is 61.8 Å². The van der Waals surface area contributed by atoms with Crippen LogP contribution in [0.3, 0.4) is 0 Å². The van der Waals surface area contributed by atoms with Crippen LogP contribution in [-0.4, -0.2) is 31.3 Å². The van der Waals surface area contributed by atoms with Gasteiger partial charge >= 0.3 is 0 Å². The van der Waals surface area contributed by atoms with Crippen molar-refractivity contribution in [1.29, 1.82) is 0 Å². The van der Waals surface area contributed by atoms with Crippen molar-refractivity contribution in [2.75, 3.05) is 20.6 Å². The molecule has 0 unspecified atom stereocenters. The fourth-order valence-corrected chi connectivity index (χ4v) is 4.34. The summed E-state index contributed by atoms with van der Waals surface area (Å²) in [5.41, 5.74) is 4.59.